The van der Waals surface area contributed by atoms with Crippen molar-refractivity contribution in [2.24, 2.45) is 0 Å². The fourth-order valence-electron chi connectivity index (χ4n) is 0.990. The SMILES string of the molecule is CCCOC(=O)C(F)(CC)C(=O)OCCC. The normalized spacial score (nSPS) is 11.0. The number of halogens is 1. The fourth-order valence-corrected chi connectivity index (χ4v) is 0.990. The van der Waals surface area contributed by atoms with Crippen molar-refractivity contribution in [2.75, 3.05) is 13.2 Å². The van der Waals surface area contributed by atoms with Gasteiger partial charge in [0.1, 0.15) is 0 Å². The summed E-state index contributed by atoms with van der Waals surface area (Å²) in [6, 6.07) is 0. The number of alkyl halides is 1. The molecule has 0 unspecified atom stereocenters. The summed E-state index contributed by atoms with van der Waals surface area (Å²) in [4.78, 5) is 22.7. The van der Waals surface area contributed by atoms with Crippen molar-refractivity contribution in [1.82, 2.24) is 0 Å². The van der Waals surface area contributed by atoms with E-state index in [1.54, 1.807) is 13.8 Å². The topological polar surface area (TPSA) is 52.6 Å². The van der Waals surface area contributed by atoms with Crippen molar-refractivity contribution in [1.29, 1.82) is 0 Å². The van der Waals surface area contributed by atoms with E-state index >= 15 is 0 Å². The zero-order chi connectivity index (χ0) is 12.6. The molecule has 0 saturated carbocycles. The van der Waals surface area contributed by atoms with Gasteiger partial charge >= 0.3 is 17.6 Å². The second kappa shape index (κ2) is 7.19. The third-order valence-corrected chi connectivity index (χ3v) is 2.01. The second-order valence-corrected chi connectivity index (χ2v) is 3.43. The van der Waals surface area contributed by atoms with E-state index < -0.39 is 17.6 Å². The molecule has 5 heteroatoms. The van der Waals surface area contributed by atoms with Crippen LogP contribution in [0.4, 0.5) is 4.39 Å². The smallest absolute Gasteiger partial charge is 0.355 e. The van der Waals surface area contributed by atoms with E-state index in [2.05, 4.69) is 9.47 Å². The fraction of sp³-hybridized carbons (Fsp3) is 0.818. The molecule has 0 amide bonds. The molecular formula is C11H19FO4. The zero-order valence-electron chi connectivity index (χ0n) is 10.0. The lowest BCUT2D eigenvalue weighted by Crippen LogP contribution is -2.44. The second-order valence-electron chi connectivity index (χ2n) is 3.43. The van der Waals surface area contributed by atoms with Gasteiger partial charge in [-0.25, -0.2) is 14.0 Å². The lowest BCUT2D eigenvalue weighted by atomic mass is 10.0. The third-order valence-electron chi connectivity index (χ3n) is 2.01. The average molecular weight is 234 g/mol. The quantitative estimate of drug-likeness (QED) is 0.499. The van der Waals surface area contributed by atoms with Crippen molar-refractivity contribution in [3.8, 4) is 0 Å². The number of esters is 2. The first-order chi connectivity index (χ1) is 7.52. The van der Waals surface area contributed by atoms with Gasteiger partial charge in [0.15, 0.2) is 0 Å². The molecule has 0 aliphatic rings. The molecule has 0 rings (SSSR count). The summed E-state index contributed by atoms with van der Waals surface area (Å²) >= 11 is 0. The zero-order valence-corrected chi connectivity index (χ0v) is 10.0. The number of hydrogen-bond donors (Lipinski definition) is 0. The first-order valence-electron chi connectivity index (χ1n) is 5.56. The highest BCUT2D eigenvalue weighted by molar-refractivity contribution is 6.03. The van der Waals surface area contributed by atoms with Crippen LogP contribution in [-0.2, 0) is 19.1 Å². The Bertz CT molecular complexity index is 220. The summed E-state index contributed by atoms with van der Waals surface area (Å²) in [5.74, 6) is -2.31. The number of carbonyl (C=O) groups excluding carboxylic acids is 2. The minimum Gasteiger partial charge on any atom is -0.463 e. The minimum absolute atomic E-state index is 0.103. The molecular weight excluding hydrogens is 215 g/mol. The standard InChI is InChI=1S/C11H19FO4/c1-4-7-15-9(13)11(12,6-3)10(14)16-8-5-2/h4-8H2,1-3H3. The Balaban J connectivity index is 4.49. The van der Waals surface area contributed by atoms with Gasteiger partial charge in [-0.2, -0.15) is 0 Å². The summed E-state index contributed by atoms with van der Waals surface area (Å²) in [5.41, 5.74) is -2.66. The summed E-state index contributed by atoms with van der Waals surface area (Å²) < 4.78 is 23.3. The Morgan fingerprint density at radius 3 is 1.62 bits per heavy atom. The molecule has 0 heterocycles. The molecule has 0 spiro atoms. The van der Waals surface area contributed by atoms with Crippen LogP contribution in [0.3, 0.4) is 0 Å². The highest BCUT2D eigenvalue weighted by Gasteiger charge is 2.48. The van der Waals surface area contributed by atoms with Crippen LogP contribution < -0.4 is 0 Å². The van der Waals surface area contributed by atoms with E-state index in [-0.39, 0.29) is 19.6 Å². The molecule has 0 aliphatic carbocycles. The van der Waals surface area contributed by atoms with Crippen LogP contribution >= 0.6 is 0 Å². The molecule has 94 valence electrons. The van der Waals surface area contributed by atoms with Crippen LogP contribution in [0.5, 0.6) is 0 Å². The Morgan fingerprint density at radius 1 is 1.00 bits per heavy atom. The van der Waals surface area contributed by atoms with Gasteiger partial charge in [0.05, 0.1) is 13.2 Å². The number of rotatable bonds is 7. The van der Waals surface area contributed by atoms with Crippen LogP contribution in [0.25, 0.3) is 0 Å². The molecule has 0 aromatic heterocycles. The van der Waals surface area contributed by atoms with E-state index in [4.69, 9.17) is 0 Å². The van der Waals surface area contributed by atoms with E-state index in [1.165, 1.54) is 6.92 Å². The molecule has 4 nitrogen and oxygen atoms in total. The predicted octanol–water partition coefficient (Wildman–Crippen LogP) is 2.01. The number of ether oxygens (including phenoxy) is 2. The third kappa shape index (κ3) is 3.79. The van der Waals surface area contributed by atoms with Crippen molar-refractivity contribution >= 4 is 11.9 Å². The van der Waals surface area contributed by atoms with E-state index in [0.717, 1.165) is 0 Å². The van der Waals surface area contributed by atoms with E-state index in [0.29, 0.717) is 12.8 Å². The number of hydrogen-bond acceptors (Lipinski definition) is 4. The van der Waals surface area contributed by atoms with Gasteiger partial charge in [-0.3, -0.25) is 0 Å². The molecule has 16 heavy (non-hydrogen) atoms. The van der Waals surface area contributed by atoms with Gasteiger partial charge in [-0.05, 0) is 12.8 Å². The van der Waals surface area contributed by atoms with Crippen molar-refractivity contribution < 1.29 is 23.5 Å². The highest BCUT2D eigenvalue weighted by atomic mass is 19.1. The molecule has 0 radical (unpaired) electrons. The Hall–Kier alpha value is -1.13. The van der Waals surface area contributed by atoms with Crippen molar-refractivity contribution in [2.45, 2.75) is 45.7 Å². The lowest BCUT2D eigenvalue weighted by Gasteiger charge is -2.19. The molecule has 0 aromatic rings. The average Bonchev–Trinajstić information content (AvgIpc) is 2.31. The Labute approximate surface area is 95.1 Å². The summed E-state index contributed by atoms with van der Waals surface area (Å²) in [7, 11) is 0. The van der Waals surface area contributed by atoms with E-state index in [9.17, 15) is 14.0 Å². The Morgan fingerprint density at radius 2 is 1.38 bits per heavy atom. The van der Waals surface area contributed by atoms with Crippen LogP contribution in [0.15, 0.2) is 0 Å². The van der Waals surface area contributed by atoms with Gasteiger partial charge in [0.25, 0.3) is 0 Å². The highest BCUT2D eigenvalue weighted by Crippen LogP contribution is 2.20. The van der Waals surface area contributed by atoms with Gasteiger partial charge in [-0.15, -0.1) is 0 Å². The maximum absolute atomic E-state index is 14.0. The first-order valence-corrected chi connectivity index (χ1v) is 5.56. The molecule has 0 atom stereocenters. The van der Waals surface area contributed by atoms with Gasteiger partial charge in [0.2, 0.25) is 0 Å². The summed E-state index contributed by atoms with van der Waals surface area (Å²) in [6.07, 6.45) is 0.878. The lowest BCUT2D eigenvalue weighted by molar-refractivity contribution is -0.175. The number of carbonyl (C=O) groups is 2. The molecule has 0 aliphatic heterocycles. The van der Waals surface area contributed by atoms with Crippen molar-refractivity contribution in [3.05, 3.63) is 0 Å². The van der Waals surface area contributed by atoms with Crippen molar-refractivity contribution in [3.63, 3.8) is 0 Å². The minimum atomic E-state index is -2.66. The van der Waals surface area contributed by atoms with E-state index in [1.807, 2.05) is 0 Å². The van der Waals surface area contributed by atoms with Gasteiger partial charge in [0, 0.05) is 6.42 Å². The van der Waals surface area contributed by atoms with Crippen LogP contribution in [0, 0.1) is 0 Å². The molecule has 0 N–H and O–H groups in total. The predicted molar refractivity (Wildman–Crippen MR) is 56.6 cm³/mol. The summed E-state index contributed by atoms with van der Waals surface area (Å²) in [6.45, 7) is 5.18. The van der Waals surface area contributed by atoms with Gasteiger partial charge < -0.3 is 9.47 Å². The largest absolute Gasteiger partial charge is 0.463 e. The summed E-state index contributed by atoms with van der Waals surface area (Å²) in [5, 5.41) is 0. The van der Waals surface area contributed by atoms with Crippen LogP contribution in [-0.4, -0.2) is 30.8 Å². The molecule has 0 fully saturated rings. The molecule has 0 bridgehead atoms. The maximum atomic E-state index is 14.0. The monoisotopic (exact) mass is 234 g/mol. The molecule has 0 aromatic carbocycles. The van der Waals surface area contributed by atoms with Gasteiger partial charge in [-0.1, -0.05) is 20.8 Å². The van der Waals surface area contributed by atoms with Crippen LogP contribution in [0.1, 0.15) is 40.0 Å². The maximum Gasteiger partial charge on any atom is 0.355 e. The first kappa shape index (κ1) is 14.9. The Kier molecular flexibility index (Phi) is 6.69. The molecule has 0 saturated heterocycles. The van der Waals surface area contributed by atoms with Crippen LogP contribution in [0.2, 0.25) is 0 Å².